The average molecular weight is 443 g/mol. The molecule has 4 rings (SSSR count). The zero-order chi connectivity index (χ0) is 23.2. The Labute approximate surface area is 182 Å². The molecule has 2 fully saturated rings. The number of rotatable bonds is 3. The number of amides is 2. The van der Waals surface area contributed by atoms with Crippen LogP contribution >= 0.6 is 0 Å². The lowest BCUT2D eigenvalue weighted by Gasteiger charge is -2.32. The molecule has 0 aromatic heterocycles. The number of carboxylic acid groups (broad SMARTS) is 1. The van der Waals surface area contributed by atoms with Crippen molar-refractivity contribution in [1.29, 1.82) is 5.26 Å². The van der Waals surface area contributed by atoms with E-state index in [1.807, 2.05) is 0 Å². The summed E-state index contributed by atoms with van der Waals surface area (Å²) in [5.74, 6) is -1.07. The van der Waals surface area contributed by atoms with Gasteiger partial charge in [0.15, 0.2) is 0 Å². The molecule has 166 valence electrons. The van der Waals surface area contributed by atoms with E-state index in [0.717, 1.165) is 25.0 Å². The Balaban J connectivity index is 1.79. The zero-order valence-electron chi connectivity index (χ0n) is 17.2. The van der Waals surface area contributed by atoms with Crippen LogP contribution in [0.1, 0.15) is 52.7 Å². The van der Waals surface area contributed by atoms with Crippen molar-refractivity contribution in [2.75, 3.05) is 9.80 Å². The van der Waals surface area contributed by atoms with Crippen LogP contribution in [-0.2, 0) is 6.18 Å². The molecular weight excluding hydrogens is 423 g/mol. The molecule has 0 spiro atoms. The number of carbonyl (C=O) groups is 2. The van der Waals surface area contributed by atoms with E-state index in [0.29, 0.717) is 24.1 Å². The number of aryl methyl sites for hydroxylation is 1. The van der Waals surface area contributed by atoms with Crippen molar-refractivity contribution in [3.8, 4) is 6.07 Å². The van der Waals surface area contributed by atoms with Crippen LogP contribution in [0.3, 0.4) is 0 Å². The number of fused-ring (bicyclic) bond motifs is 1. The fourth-order valence-electron chi connectivity index (χ4n) is 4.75. The van der Waals surface area contributed by atoms with Gasteiger partial charge in [-0.1, -0.05) is 12.8 Å². The third kappa shape index (κ3) is 3.55. The van der Waals surface area contributed by atoms with Gasteiger partial charge in [0.2, 0.25) is 0 Å². The number of nitrogens with zero attached hydrogens (tertiary/aromatic N) is 3. The maximum atomic E-state index is 13.5. The van der Waals surface area contributed by atoms with E-state index < -0.39 is 29.3 Å². The first-order valence-electron chi connectivity index (χ1n) is 10.2. The quantitative estimate of drug-likeness (QED) is 0.694. The summed E-state index contributed by atoms with van der Waals surface area (Å²) < 4.78 is 40.5. The molecular formula is C23H20F3N3O3. The number of benzene rings is 2. The molecule has 2 atom stereocenters. The highest BCUT2D eigenvalue weighted by Gasteiger charge is 2.48. The fourth-order valence-corrected chi connectivity index (χ4v) is 4.75. The molecule has 1 aliphatic carbocycles. The van der Waals surface area contributed by atoms with E-state index in [9.17, 15) is 27.9 Å². The standard InChI is InChI=1S/C23H20F3N3O3/c1-13-10-15(8-9-17(13)21(30)31)28-19-4-2-3-5-20(19)29(22(28)32)16-7-6-14(12-27)18(11-16)23(24,25)26/h6-11,19-20H,2-5H2,1H3,(H,30,31)/t19-,20-/m0/s1. The third-order valence-electron chi connectivity index (χ3n) is 6.20. The molecule has 0 bridgehead atoms. The molecule has 2 aromatic carbocycles. The summed E-state index contributed by atoms with van der Waals surface area (Å²) in [5.41, 5.74) is -0.338. The average Bonchev–Trinajstić information content (AvgIpc) is 3.04. The molecule has 1 N–H and O–H groups in total. The number of urea groups is 1. The zero-order valence-corrected chi connectivity index (χ0v) is 17.2. The largest absolute Gasteiger partial charge is 0.478 e. The van der Waals surface area contributed by atoms with Crippen molar-refractivity contribution in [3.05, 3.63) is 58.7 Å². The number of hydrogen-bond acceptors (Lipinski definition) is 3. The molecule has 32 heavy (non-hydrogen) atoms. The van der Waals surface area contributed by atoms with Crippen LogP contribution in [0.2, 0.25) is 0 Å². The van der Waals surface area contributed by atoms with E-state index in [2.05, 4.69) is 0 Å². The molecule has 9 heteroatoms. The molecule has 1 aliphatic heterocycles. The Bertz CT molecular complexity index is 1140. The van der Waals surface area contributed by atoms with E-state index in [1.165, 1.54) is 17.0 Å². The Morgan fingerprint density at radius 2 is 1.62 bits per heavy atom. The number of anilines is 2. The van der Waals surface area contributed by atoms with Crippen molar-refractivity contribution >= 4 is 23.4 Å². The Morgan fingerprint density at radius 1 is 1.06 bits per heavy atom. The highest BCUT2D eigenvalue weighted by Crippen LogP contribution is 2.42. The molecule has 0 radical (unpaired) electrons. The SMILES string of the molecule is Cc1cc(N2C(=O)N(c3ccc(C#N)c(C(F)(F)F)c3)[C@H]3CCCC[C@@H]32)ccc1C(=O)O. The Kier molecular flexibility index (Phi) is 5.33. The van der Waals surface area contributed by atoms with Gasteiger partial charge >= 0.3 is 18.2 Å². The summed E-state index contributed by atoms with van der Waals surface area (Å²) >= 11 is 0. The molecule has 2 aliphatic rings. The van der Waals surface area contributed by atoms with Gasteiger partial charge in [0.05, 0.1) is 34.8 Å². The predicted molar refractivity (Wildman–Crippen MR) is 111 cm³/mol. The first-order valence-corrected chi connectivity index (χ1v) is 10.2. The van der Waals surface area contributed by atoms with Gasteiger partial charge in [0.1, 0.15) is 0 Å². The summed E-state index contributed by atoms with van der Waals surface area (Å²) in [7, 11) is 0. The molecule has 0 unspecified atom stereocenters. The van der Waals surface area contributed by atoms with Gasteiger partial charge in [-0.3, -0.25) is 9.80 Å². The lowest BCUT2D eigenvalue weighted by Crippen LogP contribution is -2.40. The third-order valence-corrected chi connectivity index (χ3v) is 6.20. The summed E-state index contributed by atoms with van der Waals surface area (Å²) in [4.78, 5) is 27.8. The number of nitriles is 1. The highest BCUT2D eigenvalue weighted by atomic mass is 19.4. The normalized spacial score (nSPS) is 20.8. The first-order chi connectivity index (χ1) is 15.1. The predicted octanol–water partition coefficient (Wildman–Crippen LogP) is 5.34. The molecule has 1 saturated carbocycles. The van der Waals surface area contributed by atoms with Crippen LogP contribution in [0.5, 0.6) is 0 Å². The molecule has 2 aromatic rings. The second-order valence-electron chi connectivity index (χ2n) is 8.09. The van der Waals surface area contributed by atoms with Crippen molar-refractivity contribution in [3.63, 3.8) is 0 Å². The van der Waals surface area contributed by atoms with Gasteiger partial charge in [-0.05, 0) is 61.7 Å². The van der Waals surface area contributed by atoms with E-state index >= 15 is 0 Å². The highest BCUT2D eigenvalue weighted by molar-refractivity contribution is 6.08. The molecule has 2 amide bonds. The monoisotopic (exact) mass is 443 g/mol. The van der Waals surface area contributed by atoms with Gasteiger partial charge in [-0.15, -0.1) is 0 Å². The molecule has 1 heterocycles. The summed E-state index contributed by atoms with van der Waals surface area (Å²) in [6.07, 6.45) is -1.67. The topological polar surface area (TPSA) is 84.6 Å². The summed E-state index contributed by atoms with van der Waals surface area (Å²) in [6.45, 7) is 1.64. The Morgan fingerprint density at radius 3 is 2.12 bits per heavy atom. The minimum Gasteiger partial charge on any atom is -0.478 e. The summed E-state index contributed by atoms with van der Waals surface area (Å²) in [6, 6.07) is 8.50. The number of alkyl halides is 3. The maximum Gasteiger partial charge on any atom is 0.417 e. The van der Waals surface area contributed by atoms with Crippen LogP contribution in [0.15, 0.2) is 36.4 Å². The fraction of sp³-hybridized carbons (Fsp3) is 0.348. The van der Waals surface area contributed by atoms with Crippen molar-refractivity contribution in [2.24, 2.45) is 0 Å². The van der Waals surface area contributed by atoms with E-state index in [-0.39, 0.29) is 23.3 Å². The van der Waals surface area contributed by atoms with Crippen molar-refractivity contribution < 1.29 is 27.9 Å². The van der Waals surface area contributed by atoms with Crippen LogP contribution in [-0.4, -0.2) is 29.2 Å². The van der Waals surface area contributed by atoms with Gasteiger partial charge in [-0.2, -0.15) is 18.4 Å². The van der Waals surface area contributed by atoms with Crippen LogP contribution in [0, 0.1) is 18.3 Å². The number of halogens is 3. The van der Waals surface area contributed by atoms with Crippen LogP contribution < -0.4 is 9.80 Å². The lowest BCUT2D eigenvalue weighted by atomic mass is 9.89. The van der Waals surface area contributed by atoms with Gasteiger partial charge < -0.3 is 5.11 Å². The van der Waals surface area contributed by atoms with Gasteiger partial charge in [-0.25, -0.2) is 9.59 Å². The molecule has 1 saturated heterocycles. The first kappa shape index (κ1) is 21.7. The van der Waals surface area contributed by atoms with Crippen LogP contribution in [0.25, 0.3) is 0 Å². The maximum absolute atomic E-state index is 13.5. The summed E-state index contributed by atoms with van der Waals surface area (Å²) in [5, 5.41) is 18.4. The second-order valence-corrected chi connectivity index (χ2v) is 8.09. The number of aromatic carboxylic acids is 1. The van der Waals surface area contributed by atoms with E-state index in [4.69, 9.17) is 5.26 Å². The minimum atomic E-state index is -4.72. The van der Waals surface area contributed by atoms with Crippen molar-refractivity contribution in [2.45, 2.75) is 50.9 Å². The van der Waals surface area contributed by atoms with E-state index in [1.54, 1.807) is 30.0 Å². The smallest absolute Gasteiger partial charge is 0.417 e. The molecule has 6 nitrogen and oxygen atoms in total. The Hall–Kier alpha value is -3.54. The number of carboxylic acids is 1. The van der Waals surface area contributed by atoms with Crippen LogP contribution in [0.4, 0.5) is 29.3 Å². The number of carbonyl (C=O) groups excluding carboxylic acids is 1. The number of hydrogen-bond donors (Lipinski definition) is 1. The second kappa shape index (κ2) is 7.86. The van der Waals surface area contributed by atoms with Gasteiger partial charge in [0, 0.05) is 11.4 Å². The van der Waals surface area contributed by atoms with Crippen molar-refractivity contribution in [1.82, 2.24) is 0 Å². The lowest BCUT2D eigenvalue weighted by molar-refractivity contribution is -0.137. The van der Waals surface area contributed by atoms with Gasteiger partial charge in [0.25, 0.3) is 0 Å². The minimum absolute atomic E-state index is 0.0969.